The second-order valence-electron chi connectivity index (χ2n) is 1.59. The van der Waals surface area contributed by atoms with E-state index in [1.165, 1.54) is 0 Å². The quantitative estimate of drug-likeness (QED) is 0.327. The van der Waals surface area contributed by atoms with Gasteiger partial charge in [0.2, 0.25) is 5.91 Å². The van der Waals surface area contributed by atoms with Crippen LogP contribution >= 0.6 is 0 Å². The molecule has 6 nitrogen and oxygen atoms in total. The lowest BCUT2D eigenvalue weighted by Gasteiger charge is -2.06. The predicted molar refractivity (Wildman–Crippen MR) is 32.8 cm³/mol. The molecule has 0 aromatic heterocycles. The van der Waals surface area contributed by atoms with Gasteiger partial charge in [-0.05, 0) is 0 Å². The SMILES string of the molecule is NCC(=O)NC(N)C(=O)O. The fourth-order valence-corrected chi connectivity index (χ4v) is 0.294. The first kappa shape index (κ1) is 8.86. The monoisotopic (exact) mass is 147 g/mol. The standard InChI is InChI=1S/C4H9N3O3/c5-1-2(8)7-3(6)4(9)10/h3H,1,5-6H2,(H,7,8)(H,9,10). The van der Waals surface area contributed by atoms with E-state index in [1.807, 2.05) is 5.32 Å². The van der Waals surface area contributed by atoms with Crippen LogP contribution in [0.25, 0.3) is 0 Å². The van der Waals surface area contributed by atoms with E-state index in [1.54, 1.807) is 0 Å². The van der Waals surface area contributed by atoms with Crippen LogP contribution < -0.4 is 16.8 Å². The van der Waals surface area contributed by atoms with E-state index in [4.69, 9.17) is 16.6 Å². The Bertz CT molecular complexity index is 147. The van der Waals surface area contributed by atoms with Gasteiger partial charge in [0.15, 0.2) is 6.17 Å². The van der Waals surface area contributed by atoms with Crippen molar-refractivity contribution >= 4 is 11.9 Å². The summed E-state index contributed by atoms with van der Waals surface area (Å²) in [6.45, 7) is -0.263. The number of aliphatic carboxylic acids is 1. The number of rotatable bonds is 3. The van der Waals surface area contributed by atoms with Crippen molar-refractivity contribution < 1.29 is 14.7 Å². The van der Waals surface area contributed by atoms with Gasteiger partial charge < -0.3 is 21.9 Å². The van der Waals surface area contributed by atoms with Gasteiger partial charge in [-0.1, -0.05) is 0 Å². The van der Waals surface area contributed by atoms with E-state index in [0.717, 1.165) is 0 Å². The van der Waals surface area contributed by atoms with Crippen LogP contribution in [0.1, 0.15) is 0 Å². The summed E-state index contributed by atoms with van der Waals surface area (Å²) in [5.74, 6) is -1.88. The molecule has 0 heterocycles. The van der Waals surface area contributed by atoms with Crippen molar-refractivity contribution in [3.63, 3.8) is 0 Å². The molecular formula is C4H9N3O3. The van der Waals surface area contributed by atoms with Crippen molar-refractivity contribution in [2.75, 3.05) is 6.54 Å². The molecule has 1 unspecified atom stereocenters. The highest BCUT2D eigenvalue weighted by Gasteiger charge is 2.12. The van der Waals surface area contributed by atoms with Crippen molar-refractivity contribution in [1.29, 1.82) is 0 Å². The zero-order valence-electron chi connectivity index (χ0n) is 5.20. The van der Waals surface area contributed by atoms with Crippen molar-refractivity contribution in [1.82, 2.24) is 5.32 Å². The largest absolute Gasteiger partial charge is 0.479 e. The van der Waals surface area contributed by atoms with Crippen LogP contribution in [-0.4, -0.2) is 29.7 Å². The molecule has 0 rings (SSSR count). The molecule has 6 heteroatoms. The zero-order valence-corrected chi connectivity index (χ0v) is 5.20. The summed E-state index contributed by atoms with van der Waals surface area (Å²) in [7, 11) is 0. The molecule has 0 bridgehead atoms. The van der Waals surface area contributed by atoms with Crippen LogP contribution in [0.5, 0.6) is 0 Å². The molecule has 0 saturated carbocycles. The summed E-state index contributed by atoms with van der Waals surface area (Å²) in [5, 5.41) is 10.1. The van der Waals surface area contributed by atoms with Crippen LogP contribution in [0.4, 0.5) is 0 Å². The first-order chi connectivity index (χ1) is 4.57. The number of carbonyl (C=O) groups is 2. The highest BCUT2D eigenvalue weighted by atomic mass is 16.4. The number of carbonyl (C=O) groups excluding carboxylic acids is 1. The molecule has 0 aliphatic carbocycles. The Morgan fingerprint density at radius 3 is 2.40 bits per heavy atom. The average molecular weight is 147 g/mol. The lowest BCUT2D eigenvalue weighted by Crippen LogP contribution is -2.49. The Labute approximate surface area is 57.2 Å². The predicted octanol–water partition coefficient (Wildman–Crippen LogP) is -2.57. The summed E-state index contributed by atoms with van der Waals surface area (Å²) >= 11 is 0. The molecule has 0 aliphatic rings. The van der Waals surface area contributed by atoms with Crippen molar-refractivity contribution in [3.05, 3.63) is 0 Å². The number of carboxylic acids is 1. The average Bonchev–Trinajstić information content (AvgIpc) is 1.87. The fraction of sp³-hybridized carbons (Fsp3) is 0.500. The molecule has 1 amide bonds. The van der Waals surface area contributed by atoms with Gasteiger partial charge in [0.1, 0.15) is 0 Å². The molecule has 0 spiro atoms. The van der Waals surface area contributed by atoms with Gasteiger partial charge in [0, 0.05) is 0 Å². The van der Waals surface area contributed by atoms with Crippen LogP contribution in [0.3, 0.4) is 0 Å². The van der Waals surface area contributed by atoms with E-state index in [2.05, 4.69) is 0 Å². The van der Waals surface area contributed by atoms with Gasteiger partial charge in [-0.2, -0.15) is 0 Å². The number of hydrogen-bond donors (Lipinski definition) is 4. The second kappa shape index (κ2) is 3.80. The van der Waals surface area contributed by atoms with Crippen molar-refractivity contribution in [2.24, 2.45) is 11.5 Å². The fourth-order valence-electron chi connectivity index (χ4n) is 0.294. The smallest absolute Gasteiger partial charge is 0.341 e. The van der Waals surface area contributed by atoms with E-state index >= 15 is 0 Å². The lowest BCUT2D eigenvalue weighted by molar-refractivity contribution is -0.141. The van der Waals surface area contributed by atoms with Gasteiger partial charge in [-0.15, -0.1) is 0 Å². The molecule has 6 N–H and O–H groups in total. The van der Waals surface area contributed by atoms with Gasteiger partial charge in [0.25, 0.3) is 0 Å². The normalized spacial score (nSPS) is 12.2. The van der Waals surface area contributed by atoms with Gasteiger partial charge in [0.05, 0.1) is 6.54 Å². The second-order valence-corrected chi connectivity index (χ2v) is 1.59. The summed E-state index contributed by atoms with van der Waals surface area (Å²) in [4.78, 5) is 20.3. The molecule has 1 atom stereocenters. The van der Waals surface area contributed by atoms with Gasteiger partial charge in [-0.3, -0.25) is 4.79 Å². The number of nitrogens with two attached hydrogens (primary N) is 2. The molecule has 0 fully saturated rings. The maximum absolute atomic E-state index is 10.3. The molecule has 0 aliphatic heterocycles. The van der Waals surface area contributed by atoms with Crippen LogP contribution in [-0.2, 0) is 9.59 Å². The Kier molecular flexibility index (Phi) is 3.37. The van der Waals surface area contributed by atoms with Gasteiger partial charge >= 0.3 is 5.97 Å². The Morgan fingerprint density at radius 2 is 2.10 bits per heavy atom. The topological polar surface area (TPSA) is 118 Å². The van der Waals surface area contributed by atoms with Crippen molar-refractivity contribution in [2.45, 2.75) is 6.17 Å². The molecule has 0 saturated heterocycles. The first-order valence-electron chi connectivity index (χ1n) is 2.55. The summed E-state index contributed by atoms with van der Waals surface area (Å²) in [6.07, 6.45) is -1.36. The third-order valence-electron chi connectivity index (χ3n) is 0.768. The number of carboxylic acid groups (broad SMARTS) is 1. The summed E-state index contributed by atoms with van der Waals surface area (Å²) in [5.41, 5.74) is 9.77. The first-order valence-corrected chi connectivity index (χ1v) is 2.55. The van der Waals surface area contributed by atoms with E-state index < -0.39 is 18.0 Å². The highest BCUT2D eigenvalue weighted by Crippen LogP contribution is 1.70. The molecular weight excluding hydrogens is 138 g/mol. The Hall–Kier alpha value is -1.14. The van der Waals surface area contributed by atoms with Crippen molar-refractivity contribution in [3.8, 4) is 0 Å². The molecule has 58 valence electrons. The Morgan fingerprint density at radius 1 is 1.60 bits per heavy atom. The summed E-state index contributed by atoms with van der Waals surface area (Å²) in [6, 6.07) is 0. The molecule has 10 heavy (non-hydrogen) atoms. The molecule has 0 aromatic carbocycles. The van der Waals surface area contributed by atoms with Crippen LogP contribution in [0.2, 0.25) is 0 Å². The maximum atomic E-state index is 10.3. The molecule has 0 radical (unpaired) electrons. The number of hydrogen-bond acceptors (Lipinski definition) is 4. The van der Waals surface area contributed by atoms with E-state index in [0.29, 0.717) is 0 Å². The number of nitrogens with one attached hydrogen (secondary N) is 1. The van der Waals surface area contributed by atoms with Crippen LogP contribution in [0, 0.1) is 0 Å². The van der Waals surface area contributed by atoms with Crippen LogP contribution in [0.15, 0.2) is 0 Å². The zero-order chi connectivity index (χ0) is 8.15. The summed E-state index contributed by atoms with van der Waals surface area (Å²) < 4.78 is 0. The Balaban J connectivity index is 3.68. The third kappa shape index (κ3) is 3.00. The highest BCUT2D eigenvalue weighted by molar-refractivity contribution is 5.83. The number of amides is 1. The molecule has 0 aromatic rings. The minimum Gasteiger partial charge on any atom is -0.479 e. The van der Waals surface area contributed by atoms with E-state index in [9.17, 15) is 9.59 Å². The lowest BCUT2D eigenvalue weighted by atomic mass is 10.5. The third-order valence-corrected chi connectivity index (χ3v) is 0.768. The minimum atomic E-state index is -1.36. The maximum Gasteiger partial charge on any atom is 0.341 e. The van der Waals surface area contributed by atoms with E-state index in [-0.39, 0.29) is 6.54 Å². The minimum absolute atomic E-state index is 0.263. The van der Waals surface area contributed by atoms with Gasteiger partial charge in [-0.25, -0.2) is 4.79 Å².